The van der Waals surface area contributed by atoms with Crippen LogP contribution in [0.15, 0.2) is 42.5 Å². The molecular formula is C28H25FN6. The van der Waals surface area contributed by atoms with Gasteiger partial charge in [-0.25, -0.2) is 14.4 Å². The molecule has 2 atom stereocenters. The number of benzene rings is 3. The first-order chi connectivity index (χ1) is 17.2. The first-order valence-electron chi connectivity index (χ1n) is 12.3. The summed E-state index contributed by atoms with van der Waals surface area (Å²) in [7, 11) is 0. The van der Waals surface area contributed by atoms with Gasteiger partial charge in [-0.15, -0.1) is 0 Å². The Kier molecular flexibility index (Phi) is 4.83. The van der Waals surface area contributed by atoms with E-state index in [1.807, 2.05) is 12.1 Å². The van der Waals surface area contributed by atoms with Crippen molar-refractivity contribution in [3.8, 4) is 11.8 Å². The Bertz CT molecular complexity index is 1640. The number of aromatic amines is 2. The van der Waals surface area contributed by atoms with Crippen molar-refractivity contribution in [2.75, 3.05) is 13.1 Å². The van der Waals surface area contributed by atoms with Crippen molar-refractivity contribution in [3.05, 3.63) is 71.1 Å². The quantitative estimate of drug-likeness (QED) is 0.278. The van der Waals surface area contributed by atoms with Gasteiger partial charge in [0.05, 0.1) is 28.6 Å². The van der Waals surface area contributed by atoms with Crippen LogP contribution in [0.3, 0.4) is 0 Å². The van der Waals surface area contributed by atoms with Gasteiger partial charge >= 0.3 is 0 Å². The molecule has 0 aliphatic carbocycles. The van der Waals surface area contributed by atoms with E-state index in [-0.39, 0.29) is 11.9 Å². The smallest absolute Gasteiger partial charge is 0.152 e. The molecule has 2 aliphatic rings. The van der Waals surface area contributed by atoms with Crippen molar-refractivity contribution in [1.82, 2.24) is 30.6 Å². The molecule has 0 radical (unpaired) electrons. The molecule has 2 aliphatic heterocycles. The average Bonchev–Trinajstić information content (AvgIpc) is 3.67. The zero-order chi connectivity index (χ0) is 23.4. The molecule has 0 spiro atoms. The third kappa shape index (κ3) is 3.66. The van der Waals surface area contributed by atoms with Crippen molar-refractivity contribution < 1.29 is 4.39 Å². The number of aromatic nitrogens is 4. The van der Waals surface area contributed by atoms with Crippen LogP contribution in [-0.2, 0) is 0 Å². The highest BCUT2D eigenvalue weighted by Crippen LogP contribution is 2.29. The van der Waals surface area contributed by atoms with Gasteiger partial charge in [0.15, 0.2) is 5.82 Å². The van der Waals surface area contributed by atoms with E-state index in [2.05, 4.69) is 61.7 Å². The number of hydrogen-bond acceptors (Lipinski definition) is 4. The number of hydrogen-bond donors (Lipinski definition) is 4. The maximum atomic E-state index is 14.8. The van der Waals surface area contributed by atoms with Crippen LogP contribution < -0.4 is 10.6 Å². The van der Waals surface area contributed by atoms with Crippen molar-refractivity contribution in [1.29, 1.82) is 0 Å². The van der Waals surface area contributed by atoms with E-state index < -0.39 is 0 Å². The average molecular weight is 465 g/mol. The molecule has 0 saturated carbocycles. The number of nitrogens with zero attached hydrogens (tertiary/aromatic N) is 2. The minimum Gasteiger partial charge on any atom is -0.341 e. The largest absolute Gasteiger partial charge is 0.341 e. The van der Waals surface area contributed by atoms with Crippen LogP contribution >= 0.6 is 0 Å². The standard InChI is InChI=1S/C28H25FN6/c29-20-14-17(15-24-26(20)35-28(33-24)23-4-2-12-31-23)6-5-16-7-9-19-18(13-16)8-10-21-25(19)34-27(32-21)22-3-1-11-30-22/h7-10,13-15,22-23,30-31H,1-4,11-12H2,(H,32,34)(H,33,35)/t22-,23-/m0/s1. The maximum absolute atomic E-state index is 14.8. The van der Waals surface area contributed by atoms with Gasteiger partial charge in [0.2, 0.25) is 0 Å². The molecule has 2 aromatic heterocycles. The fourth-order valence-corrected chi connectivity index (χ4v) is 5.38. The minimum atomic E-state index is -0.348. The van der Waals surface area contributed by atoms with Gasteiger partial charge in [0, 0.05) is 16.5 Å². The summed E-state index contributed by atoms with van der Waals surface area (Å²) in [5.41, 5.74) is 4.61. The molecule has 35 heavy (non-hydrogen) atoms. The predicted molar refractivity (Wildman–Crippen MR) is 136 cm³/mol. The number of fused-ring (bicyclic) bond motifs is 4. The van der Waals surface area contributed by atoms with Crippen LogP contribution in [0.1, 0.15) is 60.5 Å². The lowest BCUT2D eigenvalue weighted by Crippen LogP contribution is -2.14. The number of rotatable bonds is 2. The Morgan fingerprint density at radius 1 is 0.743 bits per heavy atom. The second-order valence-corrected chi connectivity index (χ2v) is 9.54. The summed E-state index contributed by atoms with van der Waals surface area (Å²) in [5.74, 6) is 7.80. The SMILES string of the molecule is Fc1cc(C#Cc2ccc3c(ccc4[nH]c([C@@H]5CCCN5)nc43)c2)cc2[nH]c([C@@H]3CCCN3)nc12. The molecule has 0 unspecified atom stereocenters. The first-order valence-corrected chi connectivity index (χ1v) is 12.3. The van der Waals surface area contributed by atoms with E-state index in [9.17, 15) is 4.39 Å². The van der Waals surface area contributed by atoms with Crippen molar-refractivity contribution in [2.45, 2.75) is 37.8 Å². The molecule has 5 aromatic rings. The lowest BCUT2D eigenvalue weighted by molar-refractivity contribution is 0.611. The topological polar surface area (TPSA) is 81.4 Å². The van der Waals surface area contributed by atoms with E-state index in [0.29, 0.717) is 22.6 Å². The second-order valence-electron chi connectivity index (χ2n) is 9.54. The molecule has 7 heteroatoms. The summed E-state index contributed by atoms with van der Waals surface area (Å²) in [6, 6.07) is 14.2. The summed E-state index contributed by atoms with van der Waals surface area (Å²) in [6.45, 7) is 2.01. The Labute approximate surface area is 201 Å². The summed E-state index contributed by atoms with van der Waals surface area (Å²) >= 11 is 0. The molecule has 174 valence electrons. The van der Waals surface area contributed by atoms with E-state index >= 15 is 0 Å². The van der Waals surface area contributed by atoms with Crippen molar-refractivity contribution in [2.24, 2.45) is 0 Å². The van der Waals surface area contributed by atoms with E-state index in [0.717, 1.165) is 71.4 Å². The van der Waals surface area contributed by atoms with Crippen LogP contribution in [0.5, 0.6) is 0 Å². The Hall–Kier alpha value is -3.73. The van der Waals surface area contributed by atoms with Gasteiger partial charge in [-0.2, -0.15) is 0 Å². The predicted octanol–water partition coefficient (Wildman–Crippen LogP) is 4.98. The molecular weight excluding hydrogens is 439 g/mol. The summed E-state index contributed by atoms with van der Waals surface area (Å²) in [6.07, 6.45) is 4.42. The molecule has 2 fully saturated rings. The van der Waals surface area contributed by atoms with Crippen molar-refractivity contribution in [3.63, 3.8) is 0 Å². The van der Waals surface area contributed by atoms with Gasteiger partial charge in [-0.1, -0.05) is 24.0 Å². The maximum Gasteiger partial charge on any atom is 0.152 e. The molecule has 2 saturated heterocycles. The second kappa shape index (κ2) is 8.19. The van der Waals surface area contributed by atoms with Gasteiger partial charge in [-0.3, -0.25) is 0 Å². The van der Waals surface area contributed by atoms with Crippen LogP contribution in [0.4, 0.5) is 4.39 Å². The molecule has 3 aromatic carbocycles. The van der Waals surface area contributed by atoms with Crippen molar-refractivity contribution >= 4 is 32.8 Å². The molecule has 6 nitrogen and oxygen atoms in total. The monoisotopic (exact) mass is 464 g/mol. The number of imidazole rings is 2. The minimum absolute atomic E-state index is 0.167. The molecule has 4 N–H and O–H groups in total. The number of H-pyrrole nitrogens is 2. The molecule has 0 amide bonds. The van der Waals surface area contributed by atoms with Gasteiger partial charge < -0.3 is 20.6 Å². The highest BCUT2D eigenvalue weighted by atomic mass is 19.1. The Morgan fingerprint density at radius 2 is 1.46 bits per heavy atom. The van der Waals surface area contributed by atoms with Crippen LogP contribution in [0, 0.1) is 17.7 Å². The number of nitrogens with one attached hydrogen (secondary N) is 4. The molecule has 7 rings (SSSR count). The third-order valence-corrected chi connectivity index (χ3v) is 7.18. The first kappa shape index (κ1) is 20.6. The molecule has 0 bridgehead atoms. The normalized spacial score (nSPS) is 20.1. The zero-order valence-corrected chi connectivity index (χ0v) is 19.2. The zero-order valence-electron chi connectivity index (χ0n) is 19.2. The highest BCUT2D eigenvalue weighted by Gasteiger charge is 2.21. The van der Waals surface area contributed by atoms with Crippen LogP contribution in [0.25, 0.3) is 32.8 Å². The number of halogens is 1. The van der Waals surface area contributed by atoms with Crippen LogP contribution in [0.2, 0.25) is 0 Å². The van der Waals surface area contributed by atoms with Gasteiger partial charge in [0.25, 0.3) is 0 Å². The summed E-state index contributed by atoms with van der Waals surface area (Å²) < 4.78 is 14.8. The van der Waals surface area contributed by atoms with E-state index in [1.54, 1.807) is 0 Å². The van der Waals surface area contributed by atoms with Gasteiger partial charge in [0.1, 0.15) is 17.2 Å². The summed E-state index contributed by atoms with van der Waals surface area (Å²) in [5, 5.41) is 9.10. The van der Waals surface area contributed by atoms with E-state index in [4.69, 9.17) is 4.98 Å². The Morgan fingerprint density at radius 3 is 2.20 bits per heavy atom. The van der Waals surface area contributed by atoms with Gasteiger partial charge in [-0.05, 0) is 74.5 Å². The summed E-state index contributed by atoms with van der Waals surface area (Å²) in [4.78, 5) is 16.2. The van der Waals surface area contributed by atoms with E-state index in [1.165, 1.54) is 12.5 Å². The lowest BCUT2D eigenvalue weighted by Gasteiger charge is -2.04. The lowest BCUT2D eigenvalue weighted by atomic mass is 10.1. The fraction of sp³-hybridized carbons (Fsp3) is 0.286. The third-order valence-electron chi connectivity index (χ3n) is 7.18. The Balaban J connectivity index is 1.21. The highest BCUT2D eigenvalue weighted by molar-refractivity contribution is 6.04. The molecule has 4 heterocycles. The van der Waals surface area contributed by atoms with Crippen LogP contribution in [-0.4, -0.2) is 33.0 Å². The fourth-order valence-electron chi connectivity index (χ4n) is 5.38.